The number of ether oxygens (including phenoxy) is 2. The molecule has 2 aliphatic carbocycles. The molecule has 0 radical (unpaired) electrons. The van der Waals surface area contributed by atoms with Crippen LogP contribution in [0.1, 0.15) is 52.5 Å². The average molecular weight is 757 g/mol. The lowest BCUT2D eigenvalue weighted by atomic mass is 9.98. The van der Waals surface area contributed by atoms with Gasteiger partial charge in [-0.25, -0.2) is 18.8 Å². The van der Waals surface area contributed by atoms with Crippen LogP contribution in [0.25, 0.3) is 22.3 Å². The molecule has 0 fully saturated rings. The van der Waals surface area contributed by atoms with E-state index in [4.69, 9.17) is 14.6 Å². The van der Waals surface area contributed by atoms with Crippen LogP contribution in [0.4, 0.5) is 14.0 Å². The summed E-state index contributed by atoms with van der Waals surface area (Å²) in [5, 5.41) is 23.4. The number of hydrogen-bond donors (Lipinski definition) is 4. The molecule has 4 N–H and O–H groups in total. The maximum atomic E-state index is 13.0. The Morgan fingerprint density at radius 2 is 1.05 bits per heavy atom. The summed E-state index contributed by atoms with van der Waals surface area (Å²) in [6.07, 6.45) is 0.399. The van der Waals surface area contributed by atoms with Gasteiger partial charge >= 0.3 is 24.1 Å². The van der Waals surface area contributed by atoms with E-state index in [1.807, 2.05) is 84.9 Å². The molecule has 0 spiro atoms. The molecule has 0 saturated heterocycles. The first-order valence-electron chi connectivity index (χ1n) is 18.2. The molecule has 7 rings (SSSR count). The molecule has 2 amide bonds. The van der Waals surface area contributed by atoms with Crippen LogP contribution in [0.3, 0.4) is 0 Å². The van der Waals surface area contributed by atoms with Crippen LogP contribution in [-0.2, 0) is 25.5 Å². The molecule has 2 atom stereocenters. The molecule has 0 bridgehead atoms. The Hall–Kier alpha value is -6.75. The highest BCUT2D eigenvalue weighted by Gasteiger charge is 2.31. The second-order valence-corrected chi connectivity index (χ2v) is 13.5. The fourth-order valence-electron chi connectivity index (χ4n) is 7.25. The average Bonchev–Trinajstić information content (AvgIpc) is 3.69. The van der Waals surface area contributed by atoms with Gasteiger partial charge in [-0.1, -0.05) is 115 Å². The summed E-state index contributed by atoms with van der Waals surface area (Å²) in [6.45, 7) is 3.89. The Balaban J connectivity index is 0.000000192. The molecular formula is C45H41FN2O8. The molecule has 11 heteroatoms. The van der Waals surface area contributed by atoms with Gasteiger partial charge in [0.1, 0.15) is 25.1 Å². The number of hydrogen-bond acceptors (Lipinski definition) is 6. The normalized spacial score (nSPS) is 13.3. The molecule has 0 saturated carbocycles. The number of rotatable bonds is 13. The zero-order valence-electron chi connectivity index (χ0n) is 30.4. The maximum absolute atomic E-state index is 13.0. The van der Waals surface area contributed by atoms with Gasteiger partial charge in [0.15, 0.2) is 0 Å². The molecule has 2 aliphatic rings. The Kier molecular flexibility index (Phi) is 12.6. The van der Waals surface area contributed by atoms with Gasteiger partial charge in [-0.15, -0.1) is 6.58 Å². The lowest BCUT2D eigenvalue weighted by Gasteiger charge is -2.18. The van der Waals surface area contributed by atoms with Crippen molar-refractivity contribution < 1.29 is 43.3 Å². The molecule has 0 heterocycles. The zero-order valence-corrected chi connectivity index (χ0v) is 30.4. The predicted molar refractivity (Wildman–Crippen MR) is 209 cm³/mol. The van der Waals surface area contributed by atoms with E-state index in [0.717, 1.165) is 44.5 Å². The minimum atomic E-state index is -1.19. The van der Waals surface area contributed by atoms with Crippen molar-refractivity contribution in [2.75, 3.05) is 13.2 Å². The zero-order chi connectivity index (χ0) is 39.6. The monoisotopic (exact) mass is 756 g/mol. The van der Waals surface area contributed by atoms with Gasteiger partial charge in [-0.3, -0.25) is 4.79 Å². The highest BCUT2D eigenvalue weighted by molar-refractivity contribution is 5.82. The van der Waals surface area contributed by atoms with Gasteiger partial charge in [0.2, 0.25) is 0 Å². The first kappa shape index (κ1) is 39.0. The number of aliphatic carboxylic acids is 2. The van der Waals surface area contributed by atoms with Gasteiger partial charge in [0.25, 0.3) is 0 Å². The SMILES string of the molecule is C=CC[C@@H](CC(=O)O)NC(=O)OCC1c2ccccc2-c2ccccc21.O=C(N[C@H](Cc1ccc(F)cc1)C(=O)O)OCC1c2ccccc2-c2ccccc21. The van der Waals surface area contributed by atoms with Crippen molar-refractivity contribution in [2.45, 2.75) is 43.2 Å². The number of carboxylic acid groups (broad SMARTS) is 2. The molecule has 10 nitrogen and oxygen atoms in total. The summed E-state index contributed by atoms with van der Waals surface area (Å²) < 4.78 is 23.9. The highest BCUT2D eigenvalue weighted by Crippen LogP contribution is 2.45. The number of alkyl carbamates (subject to hydrolysis) is 2. The van der Waals surface area contributed by atoms with Crippen LogP contribution in [0.5, 0.6) is 0 Å². The minimum absolute atomic E-state index is 0.0227. The van der Waals surface area contributed by atoms with Crippen molar-refractivity contribution >= 4 is 24.1 Å². The van der Waals surface area contributed by atoms with Crippen LogP contribution in [0.15, 0.2) is 134 Å². The van der Waals surface area contributed by atoms with Gasteiger partial charge in [0.05, 0.1) is 6.42 Å². The summed E-state index contributed by atoms with van der Waals surface area (Å²) in [7, 11) is 0. The van der Waals surface area contributed by atoms with E-state index >= 15 is 0 Å². The largest absolute Gasteiger partial charge is 0.481 e. The molecule has 5 aromatic rings. The quantitative estimate of drug-likeness (QED) is 0.0877. The molecular weight excluding hydrogens is 715 g/mol. The van der Waals surface area contributed by atoms with Crippen LogP contribution in [0, 0.1) is 5.82 Å². The summed E-state index contributed by atoms with van der Waals surface area (Å²) in [5.41, 5.74) is 9.57. The Labute approximate surface area is 323 Å². The van der Waals surface area contributed by atoms with Crippen molar-refractivity contribution in [1.29, 1.82) is 0 Å². The second-order valence-electron chi connectivity index (χ2n) is 13.5. The van der Waals surface area contributed by atoms with E-state index < -0.39 is 42.0 Å². The van der Waals surface area contributed by atoms with Crippen molar-refractivity contribution in [3.05, 3.63) is 168 Å². The Bertz CT molecular complexity index is 2130. The number of benzene rings is 5. The summed E-state index contributed by atoms with van der Waals surface area (Å²) in [5.74, 6) is -2.70. The fraction of sp³-hybridized carbons (Fsp3) is 0.200. The molecule has 0 aliphatic heterocycles. The molecule has 56 heavy (non-hydrogen) atoms. The summed E-state index contributed by atoms with van der Waals surface area (Å²) in [4.78, 5) is 46.9. The Morgan fingerprint density at radius 3 is 1.45 bits per heavy atom. The first-order chi connectivity index (χ1) is 27.1. The van der Waals surface area contributed by atoms with Crippen LogP contribution in [-0.4, -0.2) is 59.6 Å². The number of fused-ring (bicyclic) bond motifs is 6. The molecule has 286 valence electrons. The smallest absolute Gasteiger partial charge is 0.407 e. The first-order valence-corrected chi connectivity index (χ1v) is 18.2. The van der Waals surface area contributed by atoms with E-state index in [9.17, 15) is 28.7 Å². The van der Waals surface area contributed by atoms with Gasteiger partial charge in [-0.05, 0) is 68.6 Å². The van der Waals surface area contributed by atoms with Crippen molar-refractivity contribution in [1.82, 2.24) is 10.6 Å². The number of halogens is 1. The lowest BCUT2D eigenvalue weighted by Crippen LogP contribution is -2.42. The number of nitrogens with one attached hydrogen (secondary N) is 2. The predicted octanol–water partition coefficient (Wildman–Crippen LogP) is 8.30. The topological polar surface area (TPSA) is 151 Å². The number of carbonyl (C=O) groups is 4. The molecule has 0 unspecified atom stereocenters. The van der Waals surface area contributed by atoms with Crippen LogP contribution in [0.2, 0.25) is 0 Å². The minimum Gasteiger partial charge on any atom is -0.481 e. The van der Waals surface area contributed by atoms with Crippen LogP contribution >= 0.6 is 0 Å². The van der Waals surface area contributed by atoms with E-state index in [1.54, 1.807) is 6.08 Å². The van der Waals surface area contributed by atoms with Gasteiger partial charge in [0, 0.05) is 24.3 Å². The third kappa shape index (κ3) is 9.30. The third-order valence-corrected chi connectivity index (χ3v) is 9.82. The van der Waals surface area contributed by atoms with Crippen molar-refractivity contribution in [3.63, 3.8) is 0 Å². The number of carbonyl (C=O) groups excluding carboxylic acids is 2. The number of carboxylic acids is 2. The van der Waals surface area contributed by atoms with E-state index in [2.05, 4.69) is 29.3 Å². The lowest BCUT2D eigenvalue weighted by molar-refractivity contribution is -0.139. The van der Waals surface area contributed by atoms with E-state index in [1.165, 1.54) is 24.3 Å². The van der Waals surface area contributed by atoms with Gasteiger partial charge in [-0.2, -0.15) is 0 Å². The van der Waals surface area contributed by atoms with E-state index in [0.29, 0.717) is 12.0 Å². The van der Waals surface area contributed by atoms with Crippen molar-refractivity contribution in [2.24, 2.45) is 0 Å². The van der Waals surface area contributed by atoms with E-state index in [-0.39, 0.29) is 37.9 Å². The highest BCUT2D eigenvalue weighted by atomic mass is 19.1. The Morgan fingerprint density at radius 1 is 0.643 bits per heavy atom. The fourth-order valence-corrected chi connectivity index (χ4v) is 7.25. The van der Waals surface area contributed by atoms with Gasteiger partial charge < -0.3 is 30.3 Å². The molecule has 0 aromatic heterocycles. The number of amides is 2. The maximum Gasteiger partial charge on any atom is 0.407 e. The second kappa shape index (κ2) is 18.1. The van der Waals surface area contributed by atoms with Crippen LogP contribution < -0.4 is 10.6 Å². The standard InChI is InChI=1S/C24H20FNO4.C21H21NO4/c25-16-11-9-15(10-12-16)13-22(23(27)28)26-24(29)30-14-21-19-7-3-1-5-17(19)18-6-2-4-8-20(18)21;1-2-7-14(12-20(23)24)22-21(25)26-13-19-17-10-5-3-8-15(17)16-9-4-6-11-18(16)19/h1-12,21-22H,13-14H2,(H,26,29)(H,27,28);2-6,8-11,14,19H,1,7,12-13H2,(H,22,25)(H,23,24)/t22-;14-/m10/s1. The summed E-state index contributed by atoms with van der Waals surface area (Å²) >= 11 is 0. The third-order valence-electron chi connectivity index (χ3n) is 9.82. The molecule has 5 aromatic carbocycles. The summed E-state index contributed by atoms with van der Waals surface area (Å²) in [6, 6.07) is 35.9. The van der Waals surface area contributed by atoms with Crippen molar-refractivity contribution in [3.8, 4) is 22.3 Å².